The molecule has 1 heterocycles. The van der Waals surface area contributed by atoms with E-state index >= 15 is 0 Å². The quantitative estimate of drug-likeness (QED) is 0.388. The Morgan fingerprint density at radius 2 is 1.72 bits per heavy atom. The van der Waals surface area contributed by atoms with Crippen molar-refractivity contribution < 1.29 is 4.79 Å². The number of halogens is 2. The Morgan fingerprint density at radius 3 is 2.38 bits per heavy atom. The first kappa shape index (κ1) is 28.0. The smallest absolute Gasteiger partial charge is 0.267 e. The van der Waals surface area contributed by atoms with Crippen LogP contribution in [0.1, 0.15) is 53.4 Å². The predicted octanol–water partition coefficient (Wildman–Crippen LogP) is 4.89. The van der Waals surface area contributed by atoms with Crippen LogP contribution in [0.5, 0.6) is 0 Å². The van der Waals surface area contributed by atoms with E-state index in [1.165, 1.54) is 16.7 Å². The fraction of sp³-hybridized carbons (Fsp3) is 0.400. The van der Waals surface area contributed by atoms with Gasteiger partial charge in [0.15, 0.2) is 0 Å². The second-order valence-electron chi connectivity index (χ2n) is 8.37. The van der Waals surface area contributed by atoms with Crippen LogP contribution < -0.4 is 11.1 Å². The number of fused-ring (bicyclic) bond motifs is 1. The SMILES string of the molecule is CC(C)c1ccc2[nH]c(C(=O)NCCN(C)CCCc3ccc(CN)cc3)cc2c1.Cl.Cl. The summed E-state index contributed by atoms with van der Waals surface area (Å²) in [6.45, 7) is 7.40. The van der Waals surface area contributed by atoms with Crippen molar-refractivity contribution in [3.05, 3.63) is 70.9 Å². The van der Waals surface area contributed by atoms with Crippen LogP contribution in [-0.4, -0.2) is 42.5 Å². The monoisotopic (exact) mass is 478 g/mol. The molecule has 0 unspecified atom stereocenters. The summed E-state index contributed by atoms with van der Waals surface area (Å²) in [7, 11) is 2.10. The summed E-state index contributed by atoms with van der Waals surface area (Å²) in [4.78, 5) is 18.0. The second-order valence-corrected chi connectivity index (χ2v) is 8.37. The van der Waals surface area contributed by atoms with E-state index in [0.717, 1.165) is 36.8 Å². The zero-order valence-electron chi connectivity index (χ0n) is 19.2. The molecule has 2 aromatic carbocycles. The molecule has 176 valence electrons. The normalized spacial score (nSPS) is 10.8. The maximum Gasteiger partial charge on any atom is 0.267 e. The van der Waals surface area contributed by atoms with Crippen molar-refractivity contribution in [2.45, 2.75) is 39.2 Å². The van der Waals surface area contributed by atoms with Crippen LogP contribution in [0.15, 0.2) is 48.5 Å². The third kappa shape index (κ3) is 7.82. The number of carbonyl (C=O) groups is 1. The summed E-state index contributed by atoms with van der Waals surface area (Å²) >= 11 is 0. The van der Waals surface area contributed by atoms with Crippen molar-refractivity contribution in [1.29, 1.82) is 0 Å². The molecule has 0 bridgehead atoms. The number of nitrogens with zero attached hydrogens (tertiary/aromatic N) is 1. The summed E-state index contributed by atoms with van der Waals surface area (Å²) in [5, 5.41) is 4.11. The fourth-order valence-corrected chi connectivity index (χ4v) is 3.59. The molecule has 3 aromatic rings. The molecule has 32 heavy (non-hydrogen) atoms. The maximum absolute atomic E-state index is 12.5. The van der Waals surface area contributed by atoms with Gasteiger partial charge in [-0.25, -0.2) is 0 Å². The molecular formula is C25H36Cl2N4O. The Labute approximate surface area is 204 Å². The molecule has 0 aliphatic carbocycles. The van der Waals surface area contributed by atoms with E-state index in [1.807, 2.05) is 6.07 Å². The number of likely N-dealkylation sites (N-methyl/N-ethyl adjacent to an activating group) is 1. The number of hydrogen-bond acceptors (Lipinski definition) is 3. The van der Waals surface area contributed by atoms with Gasteiger partial charge in [-0.15, -0.1) is 24.8 Å². The van der Waals surface area contributed by atoms with Gasteiger partial charge in [0.25, 0.3) is 5.91 Å². The van der Waals surface area contributed by atoms with Crippen molar-refractivity contribution in [3.63, 3.8) is 0 Å². The first-order valence-corrected chi connectivity index (χ1v) is 10.8. The molecule has 1 aromatic heterocycles. The van der Waals surface area contributed by atoms with Gasteiger partial charge in [0, 0.05) is 30.5 Å². The number of H-pyrrole nitrogens is 1. The van der Waals surface area contributed by atoms with Gasteiger partial charge in [0.05, 0.1) is 0 Å². The number of hydrogen-bond donors (Lipinski definition) is 3. The van der Waals surface area contributed by atoms with E-state index in [4.69, 9.17) is 5.73 Å². The number of nitrogens with two attached hydrogens (primary N) is 1. The molecule has 7 heteroatoms. The van der Waals surface area contributed by atoms with E-state index in [-0.39, 0.29) is 30.7 Å². The van der Waals surface area contributed by atoms with Gasteiger partial charge in [-0.3, -0.25) is 4.79 Å². The average Bonchev–Trinajstić information content (AvgIpc) is 3.17. The lowest BCUT2D eigenvalue weighted by Crippen LogP contribution is -2.33. The van der Waals surface area contributed by atoms with Crippen LogP contribution in [-0.2, 0) is 13.0 Å². The highest BCUT2D eigenvalue weighted by molar-refractivity contribution is 5.98. The van der Waals surface area contributed by atoms with E-state index in [2.05, 4.69) is 78.6 Å². The Bertz CT molecular complexity index is 970. The second kappa shape index (κ2) is 13.5. The molecule has 0 spiro atoms. The molecule has 0 atom stereocenters. The molecule has 0 fully saturated rings. The van der Waals surface area contributed by atoms with E-state index in [1.54, 1.807) is 0 Å². The molecule has 0 saturated heterocycles. The molecule has 0 saturated carbocycles. The lowest BCUT2D eigenvalue weighted by atomic mass is 10.0. The van der Waals surface area contributed by atoms with E-state index < -0.39 is 0 Å². The van der Waals surface area contributed by atoms with E-state index in [9.17, 15) is 4.79 Å². The van der Waals surface area contributed by atoms with Gasteiger partial charge in [0.1, 0.15) is 5.69 Å². The van der Waals surface area contributed by atoms with E-state index in [0.29, 0.717) is 24.7 Å². The maximum atomic E-state index is 12.5. The number of rotatable bonds is 10. The molecule has 0 radical (unpaired) electrons. The number of nitrogens with one attached hydrogen (secondary N) is 2. The van der Waals surface area contributed by atoms with Crippen LogP contribution >= 0.6 is 24.8 Å². The zero-order chi connectivity index (χ0) is 21.5. The average molecular weight is 479 g/mol. The molecule has 1 amide bonds. The highest BCUT2D eigenvalue weighted by Gasteiger charge is 2.10. The zero-order valence-corrected chi connectivity index (χ0v) is 20.8. The molecular weight excluding hydrogens is 443 g/mol. The first-order chi connectivity index (χ1) is 14.5. The van der Waals surface area contributed by atoms with Crippen LogP contribution in [0.4, 0.5) is 0 Å². The molecule has 5 nitrogen and oxygen atoms in total. The minimum atomic E-state index is -0.0503. The molecule has 4 N–H and O–H groups in total. The van der Waals surface area contributed by atoms with Gasteiger partial charge < -0.3 is 20.9 Å². The highest BCUT2D eigenvalue weighted by atomic mass is 35.5. The minimum absolute atomic E-state index is 0. The van der Waals surface area contributed by atoms with Crippen molar-refractivity contribution >= 4 is 41.6 Å². The molecule has 0 aliphatic rings. The number of aryl methyl sites for hydroxylation is 1. The van der Waals surface area contributed by atoms with Crippen LogP contribution in [0.2, 0.25) is 0 Å². The molecule has 0 aliphatic heterocycles. The topological polar surface area (TPSA) is 74.2 Å². The summed E-state index contributed by atoms with van der Waals surface area (Å²) in [5.41, 5.74) is 11.1. The standard InChI is InChI=1S/C25H34N4O.2ClH/c1-18(2)21-10-11-23-22(15-21)16-24(28-23)25(30)27-12-14-29(3)13-4-5-19-6-8-20(17-26)9-7-19;;/h6-11,15-16,18,28H,4-5,12-14,17,26H2,1-3H3,(H,27,30);2*1H. The Hall–Kier alpha value is -2.05. The van der Waals surface area contributed by atoms with Crippen LogP contribution in [0.25, 0.3) is 10.9 Å². The van der Waals surface area contributed by atoms with Gasteiger partial charge in [-0.2, -0.15) is 0 Å². The van der Waals surface area contributed by atoms with Crippen LogP contribution in [0, 0.1) is 0 Å². The summed E-state index contributed by atoms with van der Waals surface area (Å²) in [6, 6.07) is 16.8. The third-order valence-electron chi connectivity index (χ3n) is 5.60. The van der Waals surface area contributed by atoms with Gasteiger partial charge in [-0.05, 0) is 67.2 Å². The first-order valence-electron chi connectivity index (χ1n) is 10.8. The number of aromatic nitrogens is 1. The fourth-order valence-electron chi connectivity index (χ4n) is 3.59. The number of benzene rings is 2. The Balaban J connectivity index is 0.00000256. The molecule has 3 rings (SSSR count). The van der Waals surface area contributed by atoms with Gasteiger partial charge in [-0.1, -0.05) is 44.2 Å². The summed E-state index contributed by atoms with van der Waals surface area (Å²) < 4.78 is 0. The summed E-state index contributed by atoms with van der Waals surface area (Å²) in [6.07, 6.45) is 2.14. The van der Waals surface area contributed by atoms with Gasteiger partial charge in [0.2, 0.25) is 0 Å². The summed E-state index contributed by atoms with van der Waals surface area (Å²) in [5.74, 6) is 0.424. The highest BCUT2D eigenvalue weighted by Crippen LogP contribution is 2.22. The lowest BCUT2D eigenvalue weighted by molar-refractivity contribution is 0.0945. The number of amides is 1. The van der Waals surface area contributed by atoms with Crippen molar-refractivity contribution in [1.82, 2.24) is 15.2 Å². The predicted molar refractivity (Wildman–Crippen MR) is 139 cm³/mol. The van der Waals surface area contributed by atoms with Crippen LogP contribution in [0.3, 0.4) is 0 Å². The van der Waals surface area contributed by atoms with Gasteiger partial charge >= 0.3 is 0 Å². The number of aromatic amines is 1. The Kier molecular flexibility index (Phi) is 11.8. The Morgan fingerprint density at radius 1 is 1.03 bits per heavy atom. The van der Waals surface area contributed by atoms with Crippen molar-refractivity contribution in [3.8, 4) is 0 Å². The number of carbonyl (C=O) groups excluding carboxylic acids is 1. The largest absolute Gasteiger partial charge is 0.351 e. The lowest BCUT2D eigenvalue weighted by Gasteiger charge is -2.16. The van der Waals surface area contributed by atoms with Crippen molar-refractivity contribution in [2.24, 2.45) is 5.73 Å². The third-order valence-corrected chi connectivity index (χ3v) is 5.60. The minimum Gasteiger partial charge on any atom is -0.351 e. The van der Waals surface area contributed by atoms with Crippen molar-refractivity contribution in [2.75, 3.05) is 26.7 Å².